The first kappa shape index (κ1) is 9.22. The van der Waals surface area contributed by atoms with Crippen molar-refractivity contribution in [3.05, 3.63) is 34.3 Å². The highest BCUT2D eigenvalue weighted by Crippen LogP contribution is 2.25. The van der Waals surface area contributed by atoms with Crippen molar-refractivity contribution in [2.75, 3.05) is 0 Å². The van der Waals surface area contributed by atoms with Gasteiger partial charge in [-0.2, -0.15) is 0 Å². The van der Waals surface area contributed by atoms with Crippen molar-refractivity contribution in [3.63, 3.8) is 0 Å². The molecule has 1 saturated carbocycles. The molecule has 70 valence electrons. The topological polar surface area (TPSA) is 12.0 Å². The third kappa shape index (κ3) is 2.55. The fourth-order valence-electron chi connectivity index (χ4n) is 1.48. The summed E-state index contributed by atoms with van der Waals surface area (Å²) >= 11 is 3.48. The Morgan fingerprint density at radius 2 is 2.23 bits per heavy atom. The Labute approximate surface area is 87.7 Å². The molecule has 1 N–H and O–H groups in total. The van der Waals surface area contributed by atoms with Gasteiger partial charge in [-0.15, -0.1) is 0 Å². The average Bonchev–Trinajstić information content (AvgIpc) is 2.88. The molecule has 0 heterocycles. The van der Waals surface area contributed by atoms with Crippen LogP contribution in [0.4, 0.5) is 0 Å². The first-order chi connectivity index (χ1) is 6.25. The zero-order chi connectivity index (χ0) is 9.26. The molecule has 1 atom stereocenters. The number of benzene rings is 1. The molecule has 2 heteroatoms. The average molecular weight is 240 g/mol. The molecule has 1 fully saturated rings. The molecule has 0 saturated heterocycles. The molecule has 0 spiro atoms. The van der Waals surface area contributed by atoms with Gasteiger partial charge in [0.2, 0.25) is 0 Å². The molecule has 0 bridgehead atoms. The van der Waals surface area contributed by atoms with Crippen LogP contribution in [0.3, 0.4) is 0 Å². The van der Waals surface area contributed by atoms with Crippen molar-refractivity contribution in [2.45, 2.75) is 31.8 Å². The summed E-state index contributed by atoms with van der Waals surface area (Å²) < 4.78 is 1.16. The lowest BCUT2D eigenvalue weighted by molar-refractivity contribution is 0.571. The lowest BCUT2D eigenvalue weighted by atomic mass is 10.1. The van der Waals surface area contributed by atoms with E-state index in [0.29, 0.717) is 6.04 Å². The van der Waals surface area contributed by atoms with E-state index in [4.69, 9.17) is 0 Å². The monoisotopic (exact) mass is 239 g/mol. The van der Waals surface area contributed by atoms with Crippen molar-refractivity contribution in [1.29, 1.82) is 0 Å². The molecule has 0 amide bonds. The van der Waals surface area contributed by atoms with E-state index in [9.17, 15) is 0 Å². The molecule has 1 aromatic carbocycles. The van der Waals surface area contributed by atoms with Gasteiger partial charge in [0.15, 0.2) is 0 Å². The molecule has 0 aliphatic heterocycles. The maximum Gasteiger partial charge on any atom is 0.0294 e. The third-order valence-electron chi connectivity index (χ3n) is 2.41. The first-order valence-corrected chi connectivity index (χ1v) is 5.56. The van der Waals surface area contributed by atoms with Gasteiger partial charge < -0.3 is 5.32 Å². The van der Waals surface area contributed by atoms with Gasteiger partial charge in [0.1, 0.15) is 0 Å². The highest BCUT2D eigenvalue weighted by atomic mass is 79.9. The van der Waals surface area contributed by atoms with Crippen LogP contribution in [0.1, 0.15) is 31.4 Å². The van der Waals surface area contributed by atoms with Crippen LogP contribution >= 0.6 is 15.9 Å². The molecule has 0 unspecified atom stereocenters. The fourth-order valence-corrected chi connectivity index (χ4v) is 1.89. The summed E-state index contributed by atoms with van der Waals surface area (Å²) in [5.74, 6) is 0. The van der Waals surface area contributed by atoms with Crippen LogP contribution < -0.4 is 5.32 Å². The van der Waals surface area contributed by atoms with Gasteiger partial charge in [-0.25, -0.2) is 0 Å². The van der Waals surface area contributed by atoms with Crippen LogP contribution in [0, 0.1) is 0 Å². The highest BCUT2D eigenvalue weighted by Gasteiger charge is 2.23. The summed E-state index contributed by atoms with van der Waals surface area (Å²) in [6.07, 6.45) is 2.69. The molecule has 1 aliphatic rings. The Bertz CT molecular complexity index is 294. The summed E-state index contributed by atoms with van der Waals surface area (Å²) in [6.45, 7) is 2.22. The van der Waals surface area contributed by atoms with E-state index < -0.39 is 0 Å². The third-order valence-corrected chi connectivity index (χ3v) is 2.90. The zero-order valence-corrected chi connectivity index (χ0v) is 9.34. The number of nitrogens with one attached hydrogen (secondary N) is 1. The summed E-state index contributed by atoms with van der Waals surface area (Å²) in [5, 5.41) is 3.58. The maximum absolute atomic E-state index is 3.58. The van der Waals surface area contributed by atoms with E-state index >= 15 is 0 Å². The largest absolute Gasteiger partial charge is 0.307 e. The van der Waals surface area contributed by atoms with Gasteiger partial charge in [0, 0.05) is 16.6 Å². The van der Waals surface area contributed by atoms with Crippen LogP contribution in [0.5, 0.6) is 0 Å². The quantitative estimate of drug-likeness (QED) is 0.855. The van der Waals surface area contributed by atoms with Crippen LogP contribution in [-0.4, -0.2) is 6.04 Å². The second-order valence-electron chi connectivity index (χ2n) is 3.72. The van der Waals surface area contributed by atoms with E-state index in [0.717, 1.165) is 10.5 Å². The van der Waals surface area contributed by atoms with Crippen molar-refractivity contribution in [1.82, 2.24) is 5.32 Å². The van der Waals surface area contributed by atoms with Gasteiger partial charge in [0.05, 0.1) is 0 Å². The van der Waals surface area contributed by atoms with E-state index in [-0.39, 0.29) is 0 Å². The SMILES string of the molecule is C[C@H](NC1CC1)c1cccc(Br)c1. The lowest BCUT2D eigenvalue weighted by Gasteiger charge is -2.13. The smallest absolute Gasteiger partial charge is 0.0294 e. The standard InChI is InChI=1S/C11H14BrN/c1-8(13-11-5-6-11)9-3-2-4-10(12)7-9/h2-4,7-8,11,13H,5-6H2,1H3/t8-/m0/s1. The minimum atomic E-state index is 0.477. The van der Waals surface area contributed by atoms with Crippen molar-refractivity contribution in [2.24, 2.45) is 0 Å². The van der Waals surface area contributed by atoms with Gasteiger partial charge in [-0.1, -0.05) is 28.1 Å². The lowest BCUT2D eigenvalue weighted by Crippen LogP contribution is -2.20. The van der Waals surface area contributed by atoms with Crippen LogP contribution in [0.2, 0.25) is 0 Å². The molecule has 1 aromatic rings. The van der Waals surface area contributed by atoms with Crippen LogP contribution in [0.15, 0.2) is 28.7 Å². The van der Waals surface area contributed by atoms with E-state index in [1.54, 1.807) is 0 Å². The molecule has 1 aliphatic carbocycles. The predicted octanol–water partition coefficient (Wildman–Crippen LogP) is 3.26. The Hall–Kier alpha value is -0.340. The number of hydrogen-bond donors (Lipinski definition) is 1. The van der Waals surface area contributed by atoms with Crippen LogP contribution in [-0.2, 0) is 0 Å². The second kappa shape index (κ2) is 3.81. The first-order valence-electron chi connectivity index (χ1n) is 4.77. The molecule has 1 nitrogen and oxygen atoms in total. The van der Waals surface area contributed by atoms with Gasteiger partial charge in [-0.05, 0) is 37.5 Å². The highest BCUT2D eigenvalue weighted by molar-refractivity contribution is 9.10. The van der Waals surface area contributed by atoms with Gasteiger partial charge >= 0.3 is 0 Å². The number of halogens is 1. The summed E-state index contributed by atoms with van der Waals surface area (Å²) in [6, 6.07) is 9.75. The predicted molar refractivity (Wildman–Crippen MR) is 58.7 cm³/mol. The number of rotatable bonds is 3. The molecule has 13 heavy (non-hydrogen) atoms. The van der Waals surface area contributed by atoms with Gasteiger partial charge in [0.25, 0.3) is 0 Å². The maximum atomic E-state index is 3.58. The van der Waals surface area contributed by atoms with E-state index in [2.05, 4.69) is 52.4 Å². The number of hydrogen-bond acceptors (Lipinski definition) is 1. The van der Waals surface area contributed by atoms with Crippen molar-refractivity contribution in [3.8, 4) is 0 Å². The molecular formula is C11H14BrN. The zero-order valence-electron chi connectivity index (χ0n) is 7.76. The normalized spacial score (nSPS) is 18.6. The summed E-state index contributed by atoms with van der Waals surface area (Å²) in [4.78, 5) is 0. The molecule has 2 rings (SSSR count). The fraction of sp³-hybridized carbons (Fsp3) is 0.455. The Morgan fingerprint density at radius 3 is 2.85 bits per heavy atom. The molecular weight excluding hydrogens is 226 g/mol. The summed E-state index contributed by atoms with van der Waals surface area (Å²) in [5.41, 5.74) is 1.36. The van der Waals surface area contributed by atoms with Crippen molar-refractivity contribution >= 4 is 15.9 Å². The van der Waals surface area contributed by atoms with E-state index in [1.807, 2.05) is 0 Å². The Kier molecular flexibility index (Phi) is 2.70. The Morgan fingerprint density at radius 1 is 1.46 bits per heavy atom. The molecule has 0 aromatic heterocycles. The Balaban J connectivity index is 2.04. The van der Waals surface area contributed by atoms with Crippen LogP contribution in [0.25, 0.3) is 0 Å². The van der Waals surface area contributed by atoms with E-state index in [1.165, 1.54) is 18.4 Å². The van der Waals surface area contributed by atoms with Gasteiger partial charge in [-0.3, -0.25) is 0 Å². The van der Waals surface area contributed by atoms with Crippen molar-refractivity contribution < 1.29 is 0 Å². The minimum absolute atomic E-state index is 0.477. The molecule has 0 radical (unpaired) electrons. The second-order valence-corrected chi connectivity index (χ2v) is 4.63. The summed E-state index contributed by atoms with van der Waals surface area (Å²) in [7, 11) is 0. The minimum Gasteiger partial charge on any atom is -0.307 e.